The fraction of sp³-hybridized carbons (Fsp3) is 0.423. The molecule has 1 aromatic carbocycles. The number of likely N-dealkylation sites (tertiary alicyclic amines) is 1. The van der Waals surface area contributed by atoms with E-state index in [1.807, 2.05) is 38.1 Å². The maximum absolute atomic E-state index is 12.5. The summed E-state index contributed by atoms with van der Waals surface area (Å²) in [6.07, 6.45) is 3.41. The number of hydrogen-bond acceptors (Lipinski definition) is 6. The maximum Gasteiger partial charge on any atom is 0.253 e. The minimum absolute atomic E-state index is 0.0999. The van der Waals surface area contributed by atoms with Crippen molar-refractivity contribution in [3.63, 3.8) is 0 Å². The zero-order chi connectivity index (χ0) is 25.1. The van der Waals surface area contributed by atoms with Gasteiger partial charge >= 0.3 is 0 Å². The van der Waals surface area contributed by atoms with Crippen LogP contribution in [0.1, 0.15) is 36.6 Å². The number of carbonyl (C=O) groups is 1. The fourth-order valence-corrected chi connectivity index (χ4v) is 5.25. The number of pyridine rings is 2. The van der Waals surface area contributed by atoms with Crippen molar-refractivity contribution >= 4 is 39.8 Å². The Labute approximate surface area is 209 Å². The number of H-pyrrole nitrogens is 1. The molecule has 0 bridgehead atoms. The van der Waals surface area contributed by atoms with Gasteiger partial charge in [-0.05, 0) is 63.4 Å². The molecule has 0 saturated carbocycles. The predicted molar refractivity (Wildman–Crippen MR) is 140 cm³/mol. The highest BCUT2D eigenvalue weighted by Crippen LogP contribution is 2.36. The summed E-state index contributed by atoms with van der Waals surface area (Å²) in [5.74, 6) is 0.453. The molecule has 1 saturated heterocycles. The summed E-state index contributed by atoms with van der Waals surface area (Å²) in [6.45, 7) is 7.86. The first-order chi connectivity index (χ1) is 16.8. The highest BCUT2D eigenvalue weighted by atomic mass is 35.5. The number of aliphatic hydroxyl groups is 1. The summed E-state index contributed by atoms with van der Waals surface area (Å²) in [6, 6.07) is 8.09. The van der Waals surface area contributed by atoms with Crippen molar-refractivity contribution in [2.45, 2.75) is 46.2 Å². The third-order valence-electron chi connectivity index (χ3n) is 6.79. The summed E-state index contributed by atoms with van der Waals surface area (Å²) in [5, 5.41) is 15.0. The second-order valence-corrected chi connectivity index (χ2v) is 9.47. The molecule has 1 fully saturated rings. The molecule has 2 aromatic heterocycles. The quantitative estimate of drug-likeness (QED) is 0.461. The number of fused-ring (bicyclic) bond motifs is 1. The molecule has 9 heteroatoms. The van der Waals surface area contributed by atoms with Gasteiger partial charge in [-0.1, -0.05) is 11.6 Å². The normalized spacial score (nSPS) is 14.4. The van der Waals surface area contributed by atoms with E-state index >= 15 is 0 Å². The van der Waals surface area contributed by atoms with Crippen LogP contribution in [-0.4, -0.2) is 58.2 Å². The van der Waals surface area contributed by atoms with Crippen molar-refractivity contribution < 1.29 is 9.90 Å². The van der Waals surface area contributed by atoms with Gasteiger partial charge in [0.15, 0.2) is 0 Å². The Morgan fingerprint density at radius 2 is 2.00 bits per heavy atom. The Balaban J connectivity index is 1.63. The lowest BCUT2D eigenvalue weighted by atomic mass is 10.0. The standard InChI is InChI=1S/C26H32ClN5O3/c1-4-32(19-6-9-31(10-7-19)24(34)15-33)23-13-18(27)12-21-20(23)5-8-28-25(21)29-14-22-16(2)11-17(3)30-26(22)35/h5,8,11-13,19,33H,4,6-7,9-10,14-15H2,1-3H3,(H,28,29)(H,30,35). The molecule has 4 rings (SSSR count). The number of piperidine rings is 1. The molecule has 1 aliphatic heterocycles. The Morgan fingerprint density at radius 3 is 2.66 bits per heavy atom. The summed E-state index contributed by atoms with van der Waals surface area (Å²) in [7, 11) is 0. The molecule has 3 heterocycles. The molecule has 35 heavy (non-hydrogen) atoms. The first kappa shape index (κ1) is 25.0. The first-order valence-corrected chi connectivity index (χ1v) is 12.4. The first-order valence-electron chi connectivity index (χ1n) is 12.0. The predicted octanol–water partition coefficient (Wildman–Crippen LogP) is 3.62. The zero-order valence-electron chi connectivity index (χ0n) is 20.4. The van der Waals surface area contributed by atoms with Gasteiger partial charge in [0, 0.05) is 71.2 Å². The van der Waals surface area contributed by atoms with Crippen LogP contribution in [0.15, 0.2) is 35.3 Å². The lowest BCUT2D eigenvalue weighted by molar-refractivity contribution is -0.135. The summed E-state index contributed by atoms with van der Waals surface area (Å²) in [5.41, 5.74) is 3.37. The number of rotatable bonds is 7. The van der Waals surface area contributed by atoms with E-state index in [1.165, 1.54) is 0 Å². The van der Waals surface area contributed by atoms with Crippen molar-refractivity contribution in [3.8, 4) is 0 Å². The van der Waals surface area contributed by atoms with Gasteiger partial charge in [-0.3, -0.25) is 9.59 Å². The van der Waals surface area contributed by atoms with Crippen LogP contribution in [0.5, 0.6) is 0 Å². The van der Waals surface area contributed by atoms with Crippen LogP contribution in [0.3, 0.4) is 0 Å². The molecule has 1 amide bonds. The topological polar surface area (TPSA) is 102 Å². The van der Waals surface area contributed by atoms with Gasteiger partial charge in [0.1, 0.15) is 12.4 Å². The second-order valence-electron chi connectivity index (χ2n) is 9.03. The van der Waals surface area contributed by atoms with Crippen LogP contribution < -0.4 is 15.8 Å². The Kier molecular flexibility index (Phi) is 7.62. The molecule has 8 nitrogen and oxygen atoms in total. The summed E-state index contributed by atoms with van der Waals surface area (Å²) >= 11 is 6.59. The van der Waals surface area contributed by atoms with Crippen LogP contribution >= 0.6 is 11.6 Å². The number of benzene rings is 1. The van der Waals surface area contributed by atoms with Gasteiger partial charge < -0.3 is 25.2 Å². The summed E-state index contributed by atoms with van der Waals surface area (Å²) < 4.78 is 0. The molecular weight excluding hydrogens is 466 g/mol. The van der Waals surface area contributed by atoms with Crippen molar-refractivity contribution in [1.29, 1.82) is 0 Å². The van der Waals surface area contributed by atoms with Gasteiger partial charge in [0.2, 0.25) is 5.91 Å². The molecule has 0 unspecified atom stereocenters. The van der Waals surface area contributed by atoms with Gasteiger partial charge in [-0.25, -0.2) is 4.98 Å². The van der Waals surface area contributed by atoms with Crippen molar-refractivity contribution in [2.24, 2.45) is 0 Å². The molecule has 0 aliphatic carbocycles. The van der Waals surface area contributed by atoms with Crippen molar-refractivity contribution in [1.82, 2.24) is 14.9 Å². The van der Waals surface area contributed by atoms with Crippen molar-refractivity contribution in [2.75, 3.05) is 36.5 Å². The molecule has 1 aliphatic rings. The summed E-state index contributed by atoms with van der Waals surface area (Å²) in [4.78, 5) is 35.8. The van der Waals surface area contributed by atoms with Crippen LogP contribution in [0, 0.1) is 13.8 Å². The lowest BCUT2D eigenvalue weighted by Gasteiger charge is -2.39. The fourth-order valence-electron chi connectivity index (χ4n) is 5.03. The molecule has 0 atom stereocenters. The number of halogens is 1. The van der Waals surface area contributed by atoms with E-state index in [4.69, 9.17) is 11.6 Å². The highest BCUT2D eigenvalue weighted by Gasteiger charge is 2.27. The molecule has 3 aromatic rings. The number of amides is 1. The van der Waals surface area contributed by atoms with Gasteiger partial charge in [0.25, 0.3) is 5.56 Å². The monoisotopic (exact) mass is 497 g/mol. The van der Waals surface area contributed by atoms with Crippen LogP contribution in [0.2, 0.25) is 5.02 Å². The number of anilines is 2. The Morgan fingerprint density at radius 1 is 1.26 bits per heavy atom. The van der Waals surface area contributed by atoms with E-state index < -0.39 is 6.61 Å². The Bertz CT molecular complexity index is 1280. The van der Waals surface area contributed by atoms with Crippen LogP contribution in [0.4, 0.5) is 11.5 Å². The number of nitrogens with zero attached hydrogens (tertiary/aromatic N) is 3. The van der Waals surface area contributed by atoms with Gasteiger partial charge in [-0.15, -0.1) is 0 Å². The lowest BCUT2D eigenvalue weighted by Crippen LogP contribution is -2.47. The Hall–Kier alpha value is -3.10. The smallest absolute Gasteiger partial charge is 0.253 e. The van der Waals surface area contributed by atoms with Gasteiger partial charge in [0.05, 0.1) is 0 Å². The highest BCUT2D eigenvalue weighted by molar-refractivity contribution is 6.32. The van der Waals surface area contributed by atoms with E-state index in [-0.39, 0.29) is 17.5 Å². The van der Waals surface area contributed by atoms with Crippen LogP contribution in [0.25, 0.3) is 10.8 Å². The zero-order valence-corrected chi connectivity index (χ0v) is 21.2. The number of aryl methyl sites for hydroxylation is 2. The molecule has 186 valence electrons. The number of aliphatic hydroxyl groups excluding tert-OH is 1. The van der Waals surface area contributed by atoms with E-state index in [2.05, 4.69) is 27.1 Å². The maximum atomic E-state index is 12.5. The molecule has 3 N–H and O–H groups in total. The third-order valence-corrected chi connectivity index (χ3v) is 7.01. The number of carbonyl (C=O) groups excluding carboxylic acids is 1. The van der Waals surface area contributed by atoms with Crippen LogP contribution in [-0.2, 0) is 11.3 Å². The number of aromatic nitrogens is 2. The number of nitrogens with one attached hydrogen (secondary N) is 2. The SMILES string of the molecule is CCN(c1cc(Cl)cc2c(NCc3c(C)cc(C)[nH]c3=O)nccc12)C1CCN(C(=O)CO)CC1. The molecular formula is C26H32ClN5O3. The number of aromatic amines is 1. The minimum Gasteiger partial charge on any atom is -0.387 e. The number of hydrogen-bond donors (Lipinski definition) is 3. The van der Waals surface area contributed by atoms with Gasteiger partial charge in [-0.2, -0.15) is 0 Å². The van der Waals surface area contributed by atoms with E-state index in [0.29, 0.717) is 36.0 Å². The third kappa shape index (κ3) is 5.28. The largest absolute Gasteiger partial charge is 0.387 e. The average molecular weight is 498 g/mol. The molecule has 0 radical (unpaired) electrons. The van der Waals surface area contributed by atoms with E-state index in [1.54, 1.807) is 11.1 Å². The second kappa shape index (κ2) is 10.7. The van der Waals surface area contributed by atoms with E-state index in [0.717, 1.165) is 47.1 Å². The van der Waals surface area contributed by atoms with E-state index in [9.17, 15) is 14.7 Å². The average Bonchev–Trinajstić information content (AvgIpc) is 2.84. The molecule has 0 spiro atoms. The minimum atomic E-state index is -0.447. The van der Waals surface area contributed by atoms with Crippen molar-refractivity contribution in [3.05, 3.63) is 62.7 Å².